The predicted molar refractivity (Wildman–Crippen MR) is 85.3 cm³/mol. The highest BCUT2D eigenvalue weighted by Crippen LogP contribution is 2.26. The molecule has 2 aromatic heterocycles. The fourth-order valence-electron chi connectivity index (χ4n) is 1.75. The smallest absolute Gasteiger partial charge is 0.230 e. The minimum Gasteiger partial charge on any atom is -0.396 e. The lowest BCUT2D eigenvalue weighted by Crippen LogP contribution is -2.34. The van der Waals surface area contributed by atoms with Crippen LogP contribution >= 0.6 is 23.1 Å². The van der Waals surface area contributed by atoms with Gasteiger partial charge in [0.15, 0.2) is 5.76 Å². The molecule has 2 rings (SSSR count). The highest BCUT2D eigenvalue weighted by atomic mass is 32.2. The van der Waals surface area contributed by atoms with Crippen LogP contribution in [0.2, 0.25) is 0 Å². The molecular weight excluding hydrogens is 308 g/mol. The lowest BCUT2D eigenvalue weighted by Gasteiger charge is -2.11. The molecule has 0 saturated carbocycles. The van der Waals surface area contributed by atoms with Crippen molar-refractivity contribution in [2.24, 2.45) is 0 Å². The number of thiophene rings is 1. The summed E-state index contributed by atoms with van der Waals surface area (Å²) in [5, 5.41) is 17.6. The number of aliphatic hydroxyl groups is 1. The summed E-state index contributed by atoms with van der Waals surface area (Å²) < 4.78 is 5.28. The van der Waals surface area contributed by atoms with Crippen LogP contribution in [0.5, 0.6) is 0 Å². The van der Waals surface area contributed by atoms with Gasteiger partial charge >= 0.3 is 0 Å². The molecule has 0 saturated heterocycles. The molecule has 1 unspecified atom stereocenters. The van der Waals surface area contributed by atoms with Crippen molar-refractivity contribution in [1.29, 1.82) is 0 Å². The molecule has 0 spiro atoms. The van der Waals surface area contributed by atoms with E-state index in [2.05, 4.69) is 10.5 Å². The molecule has 0 fully saturated rings. The van der Waals surface area contributed by atoms with Crippen molar-refractivity contribution in [3.05, 3.63) is 29.3 Å². The van der Waals surface area contributed by atoms with Gasteiger partial charge in [0.25, 0.3) is 0 Å². The third-order valence-electron chi connectivity index (χ3n) is 2.78. The Morgan fingerprint density at radius 2 is 2.48 bits per heavy atom. The van der Waals surface area contributed by atoms with Crippen LogP contribution in [-0.4, -0.2) is 34.6 Å². The number of aliphatic hydroxyl groups excluding tert-OH is 1. The van der Waals surface area contributed by atoms with Gasteiger partial charge in [-0.15, -0.1) is 23.1 Å². The van der Waals surface area contributed by atoms with Crippen LogP contribution < -0.4 is 5.32 Å². The maximum atomic E-state index is 11.7. The summed E-state index contributed by atoms with van der Waals surface area (Å²) in [6.07, 6.45) is 0.573. The zero-order valence-corrected chi connectivity index (χ0v) is 13.4. The first-order valence-electron chi connectivity index (χ1n) is 6.66. The van der Waals surface area contributed by atoms with E-state index < -0.39 is 0 Å². The molecule has 0 aliphatic carbocycles. The molecule has 0 aliphatic heterocycles. The Kier molecular flexibility index (Phi) is 6.28. The summed E-state index contributed by atoms with van der Waals surface area (Å²) in [6, 6.07) is 5.86. The molecule has 1 amide bonds. The van der Waals surface area contributed by atoms with Crippen molar-refractivity contribution in [2.75, 3.05) is 12.4 Å². The third-order valence-corrected chi connectivity index (χ3v) is 4.63. The number of hydrogen-bond acceptors (Lipinski definition) is 6. The molecule has 5 nitrogen and oxygen atoms in total. The van der Waals surface area contributed by atoms with Gasteiger partial charge in [0.1, 0.15) is 0 Å². The van der Waals surface area contributed by atoms with Crippen molar-refractivity contribution >= 4 is 29.0 Å². The molecule has 21 heavy (non-hydrogen) atoms. The van der Waals surface area contributed by atoms with Crippen molar-refractivity contribution in [2.45, 2.75) is 25.1 Å². The average Bonchev–Trinajstić information content (AvgIpc) is 3.09. The summed E-state index contributed by atoms with van der Waals surface area (Å²) in [7, 11) is 0. The fraction of sp³-hybridized carbons (Fsp3) is 0.429. The molecule has 114 valence electrons. The molecule has 2 heterocycles. The Balaban J connectivity index is 1.73. The quantitative estimate of drug-likeness (QED) is 0.779. The molecule has 7 heteroatoms. The predicted octanol–water partition coefficient (Wildman–Crippen LogP) is 2.52. The van der Waals surface area contributed by atoms with Crippen molar-refractivity contribution in [1.82, 2.24) is 10.5 Å². The standard InChI is InChI=1S/C14H18N2O3S2/c1-10(4-5-17)15-14(18)9-20-8-11-7-12(19-16-11)13-3-2-6-21-13/h2-3,6-7,10,17H,4-5,8-9H2,1H3,(H,15,18). The van der Waals surface area contributed by atoms with Gasteiger partial charge < -0.3 is 14.9 Å². The van der Waals surface area contributed by atoms with E-state index in [0.717, 1.165) is 16.3 Å². The highest BCUT2D eigenvalue weighted by molar-refractivity contribution is 7.99. The Labute approximate surface area is 131 Å². The normalized spacial score (nSPS) is 12.3. The fourth-order valence-corrected chi connectivity index (χ4v) is 3.13. The van der Waals surface area contributed by atoms with Gasteiger partial charge in [0.05, 0.1) is 16.3 Å². The van der Waals surface area contributed by atoms with E-state index in [1.807, 2.05) is 30.5 Å². The average molecular weight is 326 g/mol. The Morgan fingerprint density at radius 1 is 1.62 bits per heavy atom. The number of rotatable bonds is 8. The Morgan fingerprint density at radius 3 is 3.19 bits per heavy atom. The molecule has 0 aliphatic rings. The van der Waals surface area contributed by atoms with Crippen LogP contribution in [-0.2, 0) is 10.5 Å². The minimum atomic E-state index is -0.0251. The van der Waals surface area contributed by atoms with Gasteiger partial charge in [-0.05, 0) is 24.8 Å². The summed E-state index contributed by atoms with van der Waals surface area (Å²) in [5.74, 6) is 1.75. The highest BCUT2D eigenvalue weighted by Gasteiger charge is 2.10. The Bertz CT molecular complexity index is 554. The van der Waals surface area contributed by atoms with Crippen molar-refractivity contribution < 1.29 is 14.4 Å². The van der Waals surface area contributed by atoms with Crippen LogP contribution in [0.25, 0.3) is 10.6 Å². The number of amides is 1. The van der Waals surface area contributed by atoms with E-state index in [0.29, 0.717) is 17.9 Å². The number of thioether (sulfide) groups is 1. The van der Waals surface area contributed by atoms with Gasteiger partial charge in [-0.1, -0.05) is 11.2 Å². The molecule has 0 radical (unpaired) electrons. The zero-order chi connectivity index (χ0) is 15.1. The second-order valence-electron chi connectivity index (χ2n) is 4.63. The number of hydrogen-bond donors (Lipinski definition) is 2. The van der Waals surface area contributed by atoms with E-state index >= 15 is 0 Å². The maximum absolute atomic E-state index is 11.7. The van der Waals surface area contributed by atoms with E-state index in [1.165, 1.54) is 11.8 Å². The number of aromatic nitrogens is 1. The number of nitrogens with one attached hydrogen (secondary N) is 1. The van der Waals surface area contributed by atoms with Crippen LogP contribution in [0.1, 0.15) is 19.0 Å². The zero-order valence-electron chi connectivity index (χ0n) is 11.7. The molecule has 0 bridgehead atoms. The molecule has 1 atom stereocenters. The van der Waals surface area contributed by atoms with E-state index in [9.17, 15) is 4.79 Å². The monoisotopic (exact) mass is 326 g/mol. The first kappa shape index (κ1) is 16.1. The van der Waals surface area contributed by atoms with E-state index in [1.54, 1.807) is 11.3 Å². The summed E-state index contributed by atoms with van der Waals surface area (Å²) >= 11 is 3.10. The van der Waals surface area contributed by atoms with Crippen LogP contribution in [0.15, 0.2) is 28.1 Å². The van der Waals surface area contributed by atoms with Crippen LogP contribution in [0.4, 0.5) is 0 Å². The number of carbonyl (C=O) groups excluding carboxylic acids is 1. The first-order valence-corrected chi connectivity index (χ1v) is 8.70. The van der Waals surface area contributed by atoms with Crippen LogP contribution in [0.3, 0.4) is 0 Å². The van der Waals surface area contributed by atoms with Gasteiger partial charge in [-0.3, -0.25) is 4.79 Å². The SMILES string of the molecule is CC(CCO)NC(=O)CSCc1cc(-c2cccs2)on1. The van der Waals surface area contributed by atoms with Crippen LogP contribution in [0, 0.1) is 0 Å². The van der Waals surface area contributed by atoms with Gasteiger partial charge in [-0.2, -0.15) is 0 Å². The van der Waals surface area contributed by atoms with Gasteiger partial charge in [0.2, 0.25) is 5.91 Å². The Hall–Kier alpha value is -1.31. The van der Waals surface area contributed by atoms with Crippen molar-refractivity contribution in [3.8, 4) is 10.6 Å². The maximum Gasteiger partial charge on any atom is 0.230 e. The number of nitrogens with zero attached hydrogens (tertiary/aromatic N) is 1. The first-order chi connectivity index (χ1) is 10.2. The molecule has 2 aromatic rings. The summed E-state index contributed by atoms with van der Waals surface area (Å²) in [5.41, 5.74) is 0.833. The summed E-state index contributed by atoms with van der Waals surface area (Å²) in [4.78, 5) is 12.7. The summed E-state index contributed by atoms with van der Waals surface area (Å²) in [6.45, 7) is 1.96. The molecule has 2 N–H and O–H groups in total. The largest absolute Gasteiger partial charge is 0.396 e. The topological polar surface area (TPSA) is 75.4 Å². The minimum absolute atomic E-state index is 0.000538. The third kappa shape index (κ3) is 5.18. The van der Waals surface area contributed by atoms with Gasteiger partial charge in [0, 0.05) is 24.5 Å². The lowest BCUT2D eigenvalue weighted by molar-refractivity contribution is -0.119. The lowest BCUT2D eigenvalue weighted by atomic mass is 10.2. The second kappa shape index (κ2) is 8.21. The van der Waals surface area contributed by atoms with E-state index in [4.69, 9.17) is 9.63 Å². The molecule has 0 aromatic carbocycles. The molecular formula is C14H18N2O3S2. The number of carbonyl (C=O) groups is 1. The van der Waals surface area contributed by atoms with E-state index in [-0.39, 0.29) is 18.6 Å². The van der Waals surface area contributed by atoms with Crippen molar-refractivity contribution in [3.63, 3.8) is 0 Å². The second-order valence-corrected chi connectivity index (χ2v) is 6.57. The van der Waals surface area contributed by atoms with Gasteiger partial charge in [-0.25, -0.2) is 0 Å².